The topological polar surface area (TPSA) is 70.7 Å². The lowest BCUT2D eigenvalue weighted by molar-refractivity contribution is -0.139. The molecule has 1 atom stereocenters. The van der Waals surface area contributed by atoms with E-state index in [-0.39, 0.29) is 12.1 Å². The van der Waals surface area contributed by atoms with Gasteiger partial charge in [0.25, 0.3) is 0 Å². The van der Waals surface area contributed by atoms with Gasteiger partial charge >= 0.3 is 12.0 Å². The summed E-state index contributed by atoms with van der Waals surface area (Å²) in [7, 11) is 1.97. The predicted octanol–water partition coefficient (Wildman–Crippen LogP) is 2.25. The molecule has 1 aliphatic heterocycles. The number of benzene rings is 1. The Hall–Kier alpha value is -2.34. The quantitative estimate of drug-likeness (QED) is 0.776. The van der Waals surface area contributed by atoms with Gasteiger partial charge in [0.2, 0.25) is 0 Å². The van der Waals surface area contributed by atoms with Gasteiger partial charge in [-0.05, 0) is 45.9 Å². The number of aryl methyl sites for hydroxylation is 2. The van der Waals surface area contributed by atoms with Gasteiger partial charge in [-0.25, -0.2) is 9.59 Å². The number of likely N-dealkylation sites (N-methyl/N-ethyl adjacent to an activating group) is 1. The van der Waals surface area contributed by atoms with Gasteiger partial charge in [-0.2, -0.15) is 0 Å². The second kappa shape index (κ2) is 8.16. The summed E-state index contributed by atoms with van der Waals surface area (Å²) in [6.07, 6.45) is 0. The SMILES string of the molecule is CCOC(=O)C1=C(CN(C)Cc2ccc(C)cc2C)NC(=O)NC1C. The van der Waals surface area contributed by atoms with Crippen LogP contribution in [0.25, 0.3) is 0 Å². The minimum absolute atomic E-state index is 0.296. The molecular weight excluding hydrogens is 318 g/mol. The van der Waals surface area contributed by atoms with E-state index >= 15 is 0 Å². The van der Waals surface area contributed by atoms with E-state index in [0.717, 1.165) is 6.54 Å². The van der Waals surface area contributed by atoms with Gasteiger partial charge in [0.1, 0.15) is 0 Å². The number of nitrogens with one attached hydrogen (secondary N) is 2. The highest BCUT2D eigenvalue weighted by Gasteiger charge is 2.30. The van der Waals surface area contributed by atoms with Crippen LogP contribution in [0.15, 0.2) is 29.5 Å². The molecule has 0 saturated heterocycles. The molecule has 0 fully saturated rings. The Morgan fingerprint density at radius 3 is 2.64 bits per heavy atom. The van der Waals surface area contributed by atoms with Crippen LogP contribution in [0.3, 0.4) is 0 Å². The standard InChI is InChI=1S/C19H27N3O3/c1-6-25-18(23)17-14(4)20-19(24)21-16(17)11-22(5)10-15-8-7-12(2)9-13(15)3/h7-9,14H,6,10-11H2,1-5H3,(H2,20,21,24). The monoisotopic (exact) mass is 345 g/mol. The Kier molecular flexibility index (Phi) is 6.20. The molecule has 2 rings (SSSR count). The average Bonchev–Trinajstić information content (AvgIpc) is 2.49. The van der Waals surface area contributed by atoms with Crippen molar-refractivity contribution < 1.29 is 14.3 Å². The highest BCUT2D eigenvalue weighted by molar-refractivity contribution is 5.94. The summed E-state index contributed by atoms with van der Waals surface area (Å²) in [5.41, 5.74) is 4.76. The molecule has 0 saturated carbocycles. The Morgan fingerprint density at radius 1 is 1.28 bits per heavy atom. The summed E-state index contributed by atoms with van der Waals surface area (Å²) >= 11 is 0. The number of carbonyl (C=O) groups is 2. The molecule has 0 spiro atoms. The van der Waals surface area contributed by atoms with Gasteiger partial charge in [-0.15, -0.1) is 0 Å². The van der Waals surface area contributed by atoms with E-state index in [4.69, 9.17) is 4.74 Å². The number of esters is 1. The maximum Gasteiger partial charge on any atom is 0.337 e. The van der Waals surface area contributed by atoms with Crippen molar-refractivity contribution in [2.75, 3.05) is 20.2 Å². The molecule has 1 aromatic rings. The number of rotatable bonds is 6. The smallest absolute Gasteiger partial charge is 0.337 e. The number of hydrogen-bond acceptors (Lipinski definition) is 4. The highest BCUT2D eigenvalue weighted by atomic mass is 16.5. The van der Waals surface area contributed by atoms with E-state index in [0.29, 0.717) is 24.4 Å². The van der Waals surface area contributed by atoms with Gasteiger partial charge in [-0.1, -0.05) is 23.8 Å². The molecule has 1 aromatic carbocycles. The minimum Gasteiger partial charge on any atom is -0.463 e. The molecule has 6 heteroatoms. The summed E-state index contributed by atoms with van der Waals surface area (Å²) in [5.74, 6) is -0.391. The van der Waals surface area contributed by atoms with E-state index in [1.807, 2.05) is 7.05 Å². The molecule has 6 nitrogen and oxygen atoms in total. The fourth-order valence-corrected chi connectivity index (χ4v) is 3.04. The van der Waals surface area contributed by atoms with Gasteiger partial charge in [0.15, 0.2) is 0 Å². The normalized spacial score (nSPS) is 17.4. The fourth-order valence-electron chi connectivity index (χ4n) is 3.04. The molecule has 2 N–H and O–H groups in total. The third kappa shape index (κ3) is 4.82. The van der Waals surface area contributed by atoms with Crippen molar-refractivity contribution in [1.29, 1.82) is 0 Å². The second-order valence-electron chi connectivity index (χ2n) is 6.54. The van der Waals surface area contributed by atoms with Crippen LogP contribution >= 0.6 is 0 Å². The van der Waals surface area contributed by atoms with Gasteiger partial charge in [0.05, 0.1) is 18.2 Å². The molecule has 25 heavy (non-hydrogen) atoms. The summed E-state index contributed by atoms with van der Waals surface area (Å²) in [5, 5.41) is 5.47. The van der Waals surface area contributed by atoms with Crippen molar-refractivity contribution in [3.05, 3.63) is 46.2 Å². The van der Waals surface area contributed by atoms with Crippen molar-refractivity contribution in [1.82, 2.24) is 15.5 Å². The second-order valence-corrected chi connectivity index (χ2v) is 6.54. The van der Waals surface area contributed by atoms with Crippen LogP contribution in [-0.4, -0.2) is 43.1 Å². The third-order valence-electron chi connectivity index (χ3n) is 4.23. The zero-order valence-electron chi connectivity index (χ0n) is 15.6. The summed E-state index contributed by atoms with van der Waals surface area (Å²) in [6, 6.07) is 5.69. The molecule has 0 aliphatic carbocycles. The number of nitrogens with zero attached hydrogens (tertiary/aromatic N) is 1. The van der Waals surface area contributed by atoms with Crippen LogP contribution in [0, 0.1) is 13.8 Å². The summed E-state index contributed by atoms with van der Waals surface area (Å²) in [6.45, 7) is 9.20. The first kappa shape index (κ1) is 19.0. The minimum atomic E-state index is -0.391. The lowest BCUT2D eigenvalue weighted by atomic mass is 10.0. The van der Waals surface area contributed by atoms with Gasteiger partial charge < -0.3 is 15.4 Å². The van der Waals surface area contributed by atoms with Gasteiger partial charge in [0, 0.05) is 18.8 Å². The van der Waals surface area contributed by atoms with Crippen molar-refractivity contribution in [3.63, 3.8) is 0 Å². The number of amides is 2. The van der Waals surface area contributed by atoms with Crippen LogP contribution in [0.1, 0.15) is 30.5 Å². The predicted molar refractivity (Wildman–Crippen MR) is 97.0 cm³/mol. The molecule has 1 aliphatic rings. The van der Waals surface area contributed by atoms with Crippen molar-refractivity contribution in [2.24, 2.45) is 0 Å². The van der Waals surface area contributed by atoms with Crippen molar-refractivity contribution in [2.45, 2.75) is 40.3 Å². The van der Waals surface area contributed by atoms with E-state index in [1.54, 1.807) is 13.8 Å². The Morgan fingerprint density at radius 2 is 2.00 bits per heavy atom. The number of ether oxygens (including phenoxy) is 1. The molecule has 1 heterocycles. The van der Waals surface area contributed by atoms with Crippen molar-refractivity contribution in [3.8, 4) is 0 Å². The van der Waals surface area contributed by atoms with Crippen LogP contribution in [0.4, 0.5) is 4.79 Å². The maximum atomic E-state index is 12.3. The van der Waals surface area contributed by atoms with E-state index < -0.39 is 5.97 Å². The van der Waals surface area contributed by atoms with E-state index in [2.05, 4.69) is 47.6 Å². The zero-order chi connectivity index (χ0) is 18.6. The van der Waals surface area contributed by atoms with E-state index in [9.17, 15) is 9.59 Å². The van der Waals surface area contributed by atoms with Crippen LogP contribution in [0.5, 0.6) is 0 Å². The number of urea groups is 1. The first-order chi connectivity index (χ1) is 11.8. The first-order valence-electron chi connectivity index (χ1n) is 8.54. The number of carbonyl (C=O) groups excluding carboxylic acids is 2. The lowest BCUT2D eigenvalue weighted by Crippen LogP contribution is -2.51. The molecule has 0 aromatic heterocycles. The fraction of sp³-hybridized carbons (Fsp3) is 0.474. The average molecular weight is 345 g/mol. The Bertz CT molecular complexity index is 697. The van der Waals surface area contributed by atoms with Crippen LogP contribution < -0.4 is 10.6 Å². The number of hydrogen-bond donors (Lipinski definition) is 2. The van der Waals surface area contributed by atoms with Crippen LogP contribution in [-0.2, 0) is 16.1 Å². The van der Waals surface area contributed by atoms with E-state index in [1.165, 1.54) is 16.7 Å². The Labute approximate surface area is 149 Å². The highest BCUT2D eigenvalue weighted by Crippen LogP contribution is 2.17. The zero-order valence-corrected chi connectivity index (χ0v) is 15.6. The van der Waals surface area contributed by atoms with Gasteiger partial charge in [-0.3, -0.25) is 4.90 Å². The molecule has 136 valence electrons. The third-order valence-corrected chi connectivity index (χ3v) is 4.23. The largest absolute Gasteiger partial charge is 0.463 e. The lowest BCUT2D eigenvalue weighted by Gasteiger charge is -2.29. The summed E-state index contributed by atoms with van der Waals surface area (Å²) in [4.78, 5) is 26.2. The van der Waals surface area contributed by atoms with Crippen LogP contribution in [0.2, 0.25) is 0 Å². The Balaban J connectivity index is 2.19. The molecule has 1 unspecified atom stereocenters. The van der Waals surface area contributed by atoms with Crippen molar-refractivity contribution >= 4 is 12.0 Å². The molecular formula is C19H27N3O3. The molecule has 0 bridgehead atoms. The summed E-state index contributed by atoms with van der Waals surface area (Å²) < 4.78 is 5.14. The first-order valence-corrected chi connectivity index (χ1v) is 8.54. The maximum absolute atomic E-state index is 12.3. The molecule has 0 radical (unpaired) electrons. The molecule has 2 amide bonds.